The Hall–Kier alpha value is -3.65. The third-order valence-electron chi connectivity index (χ3n) is 5.22. The second-order valence-corrected chi connectivity index (χ2v) is 9.33. The van der Waals surface area contributed by atoms with E-state index >= 15 is 0 Å². The van der Waals surface area contributed by atoms with Crippen LogP contribution in [0.1, 0.15) is 28.8 Å². The van der Waals surface area contributed by atoms with E-state index in [0.717, 1.165) is 17.7 Å². The summed E-state index contributed by atoms with van der Waals surface area (Å²) in [6, 6.07) is 19.9. The minimum absolute atomic E-state index is 0.0807. The first-order chi connectivity index (χ1) is 15.3. The molecule has 7 nitrogen and oxygen atoms in total. The third-order valence-corrected chi connectivity index (χ3v) is 6.62. The molecule has 0 saturated carbocycles. The molecule has 8 heteroatoms. The number of sulfonamides is 1. The van der Waals surface area contributed by atoms with Gasteiger partial charge in [-0.1, -0.05) is 23.8 Å². The van der Waals surface area contributed by atoms with E-state index in [1.54, 1.807) is 71.6 Å². The number of anilines is 3. The Kier molecular flexibility index (Phi) is 5.96. The van der Waals surface area contributed by atoms with E-state index in [1.807, 2.05) is 13.0 Å². The second-order valence-electron chi connectivity index (χ2n) is 7.65. The van der Waals surface area contributed by atoms with Crippen molar-refractivity contribution < 1.29 is 18.0 Å². The van der Waals surface area contributed by atoms with Gasteiger partial charge in [0, 0.05) is 35.6 Å². The fraction of sp³-hybridized carbons (Fsp3) is 0.167. The largest absolute Gasteiger partial charge is 0.322 e. The first kappa shape index (κ1) is 21.6. The maximum atomic E-state index is 12.6. The molecule has 0 radical (unpaired) electrons. The van der Waals surface area contributed by atoms with E-state index in [0.29, 0.717) is 29.9 Å². The molecule has 1 aliphatic rings. The maximum Gasteiger partial charge on any atom is 0.261 e. The molecule has 1 saturated heterocycles. The zero-order chi connectivity index (χ0) is 22.7. The number of hydrogen-bond acceptors (Lipinski definition) is 4. The molecule has 0 aliphatic carbocycles. The van der Waals surface area contributed by atoms with E-state index in [4.69, 9.17) is 0 Å². The first-order valence-corrected chi connectivity index (χ1v) is 11.7. The predicted octanol–water partition coefficient (Wildman–Crippen LogP) is 4.17. The lowest BCUT2D eigenvalue weighted by atomic mass is 10.2. The van der Waals surface area contributed by atoms with Crippen LogP contribution in [0.5, 0.6) is 0 Å². The van der Waals surface area contributed by atoms with Gasteiger partial charge in [0.05, 0.1) is 4.90 Å². The molecule has 3 aromatic carbocycles. The number of amides is 2. The maximum absolute atomic E-state index is 12.6. The lowest BCUT2D eigenvalue weighted by molar-refractivity contribution is -0.117. The number of rotatable bonds is 6. The van der Waals surface area contributed by atoms with Crippen LogP contribution in [-0.4, -0.2) is 26.8 Å². The van der Waals surface area contributed by atoms with Crippen molar-refractivity contribution in [3.63, 3.8) is 0 Å². The van der Waals surface area contributed by atoms with E-state index in [1.165, 1.54) is 0 Å². The SMILES string of the molecule is Cc1ccc(S(=O)(=O)Nc2ccc(C(=O)Nc3cccc(N4CCCC4=O)c3)cc2)cc1. The highest BCUT2D eigenvalue weighted by Crippen LogP contribution is 2.25. The monoisotopic (exact) mass is 449 g/mol. The van der Waals surface area contributed by atoms with Gasteiger partial charge in [0.25, 0.3) is 15.9 Å². The van der Waals surface area contributed by atoms with Crippen LogP contribution in [0.4, 0.5) is 17.1 Å². The molecule has 1 heterocycles. The van der Waals surface area contributed by atoms with E-state index in [9.17, 15) is 18.0 Å². The Balaban J connectivity index is 1.43. The summed E-state index contributed by atoms with van der Waals surface area (Å²) in [5.74, 6) is -0.250. The molecule has 2 N–H and O–H groups in total. The minimum Gasteiger partial charge on any atom is -0.322 e. The summed E-state index contributed by atoms with van der Waals surface area (Å²) in [6.45, 7) is 2.56. The Morgan fingerprint density at radius 3 is 2.31 bits per heavy atom. The Morgan fingerprint density at radius 2 is 1.66 bits per heavy atom. The number of benzene rings is 3. The van der Waals surface area contributed by atoms with Gasteiger partial charge in [0.15, 0.2) is 0 Å². The average molecular weight is 450 g/mol. The number of nitrogens with zero attached hydrogens (tertiary/aromatic N) is 1. The molecule has 164 valence electrons. The summed E-state index contributed by atoms with van der Waals surface area (Å²) in [5.41, 5.74) is 3.04. The summed E-state index contributed by atoms with van der Waals surface area (Å²) in [4.78, 5) is 26.5. The topological polar surface area (TPSA) is 95.6 Å². The minimum atomic E-state index is -3.71. The summed E-state index contributed by atoms with van der Waals surface area (Å²) in [5, 5.41) is 2.82. The zero-order valence-corrected chi connectivity index (χ0v) is 18.4. The quantitative estimate of drug-likeness (QED) is 0.590. The molecule has 3 aromatic rings. The molecule has 0 atom stereocenters. The van der Waals surface area contributed by atoms with Crippen LogP contribution < -0.4 is 14.9 Å². The Bertz CT molecular complexity index is 1250. The fourth-order valence-corrected chi connectivity index (χ4v) is 4.56. The standard InChI is InChI=1S/C24H23N3O4S/c1-17-7-13-22(14-8-17)32(30,31)26-19-11-9-18(10-12-19)24(29)25-20-4-2-5-21(16-20)27-15-3-6-23(27)28/h2,4-5,7-14,16,26H,3,6,15H2,1H3,(H,25,29). The molecule has 1 fully saturated rings. The summed E-state index contributed by atoms with van der Waals surface area (Å²) in [7, 11) is -3.71. The first-order valence-electron chi connectivity index (χ1n) is 10.2. The molecule has 0 aromatic heterocycles. The van der Waals surface area contributed by atoms with Crippen LogP contribution in [0.15, 0.2) is 77.7 Å². The molecule has 1 aliphatic heterocycles. The van der Waals surface area contributed by atoms with Crippen LogP contribution in [0.3, 0.4) is 0 Å². The van der Waals surface area contributed by atoms with Crippen LogP contribution in [0.2, 0.25) is 0 Å². The highest BCUT2D eigenvalue weighted by Gasteiger charge is 2.22. The molecule has 2 amide bonds. The van der Waals surface area contributed by atoms with Gasteiger partial charge >= 0.3 is 0 Å². The average Bonchev–Trinajstić information content (AvgIpc) is 3.20. The van der Waals surface area contributed by atoms with Gasteiger partial charge in [0.2, 0.25) is 5.91 Å². The molecule has 4 rings (SSSR count). The van der Waals surface area contributed by atoms with Crippen LogP contribution in [0, 0.1) is 6.92 Å². The number of carbonyl (C=O) groups is 2. The predicted molar refractivity (Wildman–Crippen MR) is 124 cm³/mol. The lowest BCUT2D eigenvalue weighted by Crippen LogP contribution is -2.23. The molecule has 0 bridgehead atoms. The van der Waals surface area contributed by atoms with Crippen molar-refractivity contribution >= 4 is 38.9 Å². The fourth-order valence-electron chi connectivity index (χ4n) is 3.50. The Morgan fingerprint density at radius 1 is 0.938 bits per heavy atom. The van der Waals surface area contributed by atoms with E-state index < -0.39 is 10.0 Å². The zero-order valence-electron chi connectivity index (χ0n) is 17.5. The van der Waals surface area contributed by atoms with Crippen molar-refractivity contribution in [2.75, 3.05) is 21.5 Å². The highest BCUT2D eigenvalue weighted by atomic mass is 32.2. The summed E-state index contributed by atoms with van der Waals surface area (Å²) >= 11 is 0. The van der Waals surface area contributed by atoms with Crippen molar-refractivity contribution in [2.24, 2.45) is 0 Å². The Labute approximate surface area is 187 Å². The van der Waals surface area contributed by atoms with Crippen LogP contribution >= 0.6 is 0 Å². The van der Waals surface area contributed by atoms with Gasteiger partial charge in [-0.3, -0.25) is 14.3 Å². The van der Waals surface area contributed by atoms with Crippen molar-refractivity contribution in [2.45, 2.75) is 24.7 Å². The van der Waals surface area contributed by atoms with Crippen molar-refractivity contribution in [3.05, 3.63) is 83.9 Å². The number of nitrogens with one attached hydrogen (secondary N) is 2. The smallest absolute Gasteiger partial charge is 0.261 e. The van der Waals surface area contributed by atoms with Gasteiger partial charge in [0.1, 0.15) is 0 Å². The summed E-state index contributed by atoms with van der Waals surface area (Å²) < 4.78 is 27.6. The third kappa shape index (κ3) is 4.81. The van der Waals surface area contributed by atoms with Gasteiger partial charge < -0.3 is 10.2 Å². The summed E-state index contributed by atoms with van der Waals surface area (Å²) in [6.07, 6.45) is 1.37. The van der Waals surface area contributed by atoms with Gasteiger partial charge in [-0.25, -0.2) is 8.42 Å². The number of aryl methyl sites for hydroxylation is 1. The molecule has 32 heavy (non-hydrogen) atoms. The van der Waals surface area contributed by atoms with Crippen LogP contribution in [-0.2, 0) is 14.8 Å². The van der Waals surface area contributed by atoms with E-state index in [2.05, 4.69) is 10.0 Å². The van der Waals surface area contributed by atoms with Crippen molar-refractivity contribution in [3.8, 4) is 0 Å². The van der Waals surface area contributed by atoms with Crippen LogP contribution in [0.25, 0.3) is 0 Å². The number of carbonyl (C=O) groups excluding carboxylic acids is 2. The molecule has 0 unspecified atom stereocenters. The lowest BCUT2D eigenvalue weighted by Gasteiger charge is -2.16. The molecule has 0 spiro atoms. The van der Waals surface area contributed by atoms with Gasteiger partial charge in [-0.05, 0) is 67.9 Å². The number of hydrogen-bond donors (Lipinski definition) is 2. The van der Waals surface area contributed by atoms with Gasteiger partial charge in [-0.2, -0.15) is 0 Å². The molecular formula is C24H23N3O4S. The second kappa shape index (κ2) is 8.84. The molecular weight excluding hydrogens is 426 g/mol. The van der Waals surface area contributed by atoms with Crippen molar-refractivity contribution in [1.82, 2.24) is 0 Å². The highest BCUT2D eigenvalue weighted by molar-refractivity contribution is 7.92. The van der Waals surface area contributed by atoms with Crippen molar-refractivity contribution in [1.29, 1.82) is 0 Å². The van der Waals surface area contributed by atoms with Gasteiger partial charge in [-0.15, -0.1) is 0 Å². The normalized spacial score (nSPS) is 13.8. The van der Waals surface area contributed by atoms with E-state index in [-0.39, 0.29) is 16.7 Å².